The van der Waals surface area contributed by atoms with Gasteiger partial charge in [0.25, 0.3) is 0 Å². The number of benzene rings is 1. The average molecular weight is 246 g/mol. The van der Waals surface area contributed by atoms with Gasteiger partial charge in [0.05, 0.1) is 0 Å². The first kappa shape index (κ1) is 11.2. The zero-order chi connectivity index (χ0) is 11.7. The van der Waals surface area contributed by atoms with Crippen molar-refractivity contribution < 1.29 is 0 Å². The number of nitrogens with zero attached hydrogens (tertiary/aromatic N) is 1. The second-order valence-electron chi connectivity index (χ2n) is 4.74. The third-order valence-corrected chi connectivity index (χ3v) is 4.57. The second kappa shape index (κ2) is 4.77. The molecular formula is C14H18N2S. The second-order valence-corrected chi connectivity index (χ2v) is 5.65. The van der Waals surface area contributed by atoms with Gasteiger partial charge < -0.3 is 5.73 Å². The molecule has 0 aliphatic carbocycles. The van der Waals surface area contributed by atoms with Crippen molar-refractivity contribution in [2.45, 2.75) is 25.9 Å². The first-order valence-electron chi connectivity index (χ1n) is 6.29. The summed E-state index contributed by atoms with van der Waals surface area (Å²) >= 11 is 1.84. The molecular weight excluding hydrogens is 228 g/mol. The highest BCUT2D eigenvalue weighted by Crippen LogP contribution is 2.30. The van der Waals surface area contributed by atoms with Crippen LogP contribution < -0.4 is 5.73 Å². The van der Waals surface area contributed by atoms with Crippen LogP contribution >= 0.6 is 11.3 Å². The van der Waals surface area contributed by atoms with Gasteiger partial charge in [-0.05, 0) is 48.5 Å². The summed E-state index contributed by atoms with van der Waals surface area (Å²) in [6.45, 7) is 4.24. The van der Waals surface area contributed by atoms with Crippen LogP contribution in [0.15, 0.2) is 23.6 Å². The minimum atomic E-state index is 0.640. The fourth-order valence-electron chi connectivity index (χ4n) is 2.70. The Morgan fingerprint density at radius 2 is 2.00 bits per heavy atom. The minimum Gasteiger partial charge on any atom is -0.326 e. The Bertz CT molecular complexity index is 512. The van der Waals surface area contributed by atoms with Gasteiger partial charge in [0.15, 0.2) is 0 Å². The van der Waals surface area contributed by atoms with E-state index in [0.717, 1.165) is 6.54 Å². The van der Waals surface area contributed by atoms with Crippen LogP contribution in [-0.2, 0) is 13.1 Å². The molecule has 17 heavy (non-hydrogen) atoms. The molecule has 1 aliphatic heterocycles. The third-order valence-electron chi connectivity index (χ3n) is 3.57. The van der Waals surface area contributed by atoms with Crippen LogP contribution in [0.1, 0.15) is 24.0 Å². The number of likely N-dealkylation sites (tertiary alicyclic amines) is 1. The van der Waals surface area contributed by atoms with Gasteiger partial charge in [-0.3, -0.25) is 4.90 Å². The summed E-state index contributed by atoms with van der Waals surface area (Å²) in [7, 11) is 0. The molecule has 1 aliphatic rings. The number of rotatable bonds is 3. The van der Waals surface area contributed by atoms with E-state index in [4.69, 9.17) is 5.73 Å². The molecule has 0 atom stereocenters. The van der Waals surface area contributed by atoms with E-state index in [1.54, 1.807) is 0 Å². The molecule has 0 saturated carbocycles. The van der Waals surface area contributed by atoms with Crippen LogP contribution in [0, 0.1) is 0 Å². The summed E-state index contributed by atoms with van der Waals surface area (Å²) < 4.78 is 1.38. The first-order valence-corrected chi connectivity index (χ1v) is 7.17. The van der Waals surface area contributed by atoms with Crippen LogP contribution in [-0.4, -0.2) is 18.0 Å². The standard InChI is InChI=1S/C14H18N2S/c15-8-11-4-3-5-13-14(11)12(10-17-13)9-16-6-1-2-7-16/h3-5,10H,1-2,6-9,15H2. The average Bonchev–Trinajstić information content (AvgIpc) is 2.99. The largest absolute Gasteiger partial charge is 0.326 e. The lowest BCUT2D eigenvalue weighted by molar-refractivity contribution is 0.333. The molecule has 2 nitrogen and oxygen atoms in total. The van der Waals surface area contributed by atoms with Crippen LogP contribution in [0.4, 0.5) is 0 Å². The molecule has 3 heteroatoms. The Balaban J connectivity index is 1.98. The summed E-state index contributed by atoms with van der Waals surface area (Å²) in [5.41, 5.74) is 8.60. The number of hydrogen-bond acceptors (Lipinski definition) is 3. The number of nitrogens with two attached hydrogens (primary N) is 1. The monoisotopic (exact) mass is 246 g/mol. The van der Waals surface area contributed by atoms with Crippen molar-refractivity contribution in [3.63, 3.8) is 0 Å². The zero-order valence-corrected chi connectivity index (χ0v) is 10.8. The highest BCUT2D eigenvalue weighted by molar-refractivity contribution is 7.17. The van der Waals surface area contributed by atoms with Crippen molar-refractivity contribution in [2.24, 2.45) is 5.73 Å². The van der Waals surface area contributed by atoms with Gasteiger partial charge in [0.1, 0.15) is 0 Å². The maximum absolute atomic E-state index is 5.84. The van der Waals surface area contributed by atoms with Crippen molar-refractivity contribution in [3.05, 3.63) is 34.7 Å². The quantitative estimate of drug-likeness (QED) is 0.902. The van der Waals surface area contributed by atoms with Crippen LogP contribution in [0.25, 0.3) is 10.1 Å². The van der Waals surface area contributed by atoms with E-state index in [1.807, 2.05) is 11.3 Å². The fraction of sp³-hybridized carbons (Fsp3) is 0.429. The molecule has 90 valence electrons. The van der Waals surface area contributed by atoms with Gasteiger partial charge in [0.2, 0.25) is 0 Å². The van der Waals surface area contributed by atoms with E-state index in [2.05, 4.69) is 28.5 Å². The van der Waals surface area contributed by atoms with Gasteiger partial charge in [-0.2, -0.15) is 0 Å². The first-order chi connectivity index (χ1) is 8.38. The predicted molar refractivity (Wildman–Crippen MR) is 74.2 cm³/mol. The predicted octanol–water partition coefficient (Wildman–Crippen LogP) is 2.96. The Kier molecular flexibility index (Phi) is 3.14. The van der Waals surface area contributed by atoms with Gasteiger partial charge in [-0.25, -0.2) is 0 Å². The lowest BCUT2D eigenvalue weighted by atomic mass is 10.1. The smallest absolute Gasteiger partial charge is 0.0349 e. The third kappa shape index (κ3) is 2.10. The Morgan fingerprint density at radius 1 is 1.18 bits per heavy atom. The van der Waals surface area contributed by atoms with Gasteiger partial charge >= 0.3 is 0 Å². The molecule has 0 radical (unpaired) electrons. The lowest BCUT2D eigenvalue weighted by Crippen LogP contribution is -2.18. The molecule has 1 fully saturated rings. The molecule has 0 unspecified atom stereocenters. The summed E-state index contributed by atoms with van der Waals surface area (Å²) in [5.74, 6) is 0. The fourth-order valence-corrected chi connectivity index (χ4v) is 3.70. The minimum absolute atomic E-state index is 0.640. The Labute approximate surface area is 106 Å². The molecule has 3 rings (SSSR count). The topological polar surface area (TPSA) is 29.3 Å². The van der Waals surface area contributed by atoms with Crippen molar-refractivity contribution in [1.82, 2.24) is 4.90 Å². The van der Waals surface area contributed by atoms with Crippen molar-refractivity contribution >= 4 is 21.4 Å². The van der Waals surface area contributed by atoms with Crippen molar-refractivity contribution in [2.75, 3.05) is 13.1 Å². The Hall–Kier alpha value is -0.900. The number of hydrogen-bond donors (Lipinski definition) is 1. The summed E-state index contributed by atoms with van der Waals surface area (Å²) in [4.78, 5) is 2.55. The normalized spacial score (nSPS) is 17.0. The molecule has 1 saturated heterocycles. The van der Waals surface area contributed by atoms with E-state index < -0.39 is 0 Å². The molecule has 1 aromatic heterocycles. The summed E-state index contributed by atoms with van der Waals surface area (Å²) in [5, 5.41) is 3.72. The lowest BCUT2D eigenvalue weighted by Gasteiger charge is -2.14. The van der Waals surface area contributed by atoms with E-state index >= 15 is 0 Å². The van der Waals surface area contributed by atoms with E-state index in [1.165, 1.54) is 47.1 Å². The molecule has 0 bridgehead atoms. The molecule has 2 N–H and O–H groups in total. The zero-order valence-electron chi connectivity index (χ0n) is 9.98. The molecule has 1 aromatic carbocycles. The number of thiophene rings is 1. The van der Waals surface area contributed by atoms with E-state index in [9.17, 15) is 0 Å². The van der Waals surface area contributed by atoms with Crippen LogP contribution in [0.2, 0.25) is 0 Å². The van der Waals surface area contributed by atoms with Gasteiger partial charge in [-0.1, -0.05) is 12.1 Å². The molecule has 2 heterocycles. The van der Waals surface area contributed by atoms with Gasteiger partial charge in [0, 0.05) is 23.2 Å². The van der Waals surface area contributed by atoms with E-state index in [0.29, 0.717) is 6.54 Å². The summed E-state index contributed by atoms with van der Waals surface area (Å²) in [6, 6.07) is 6.47. The SMILES string of the molecule is NCc1cccc2scc(CN3CCCC3)c12. The maximum atomic E-state index is 5.84. The summed E-state index contributed by atoms with van der Waals surface area (Å²) in [6.07, 6.45) is 2.71. The molecule has 2 aromatic rings. The Morgan fingerprint density at radius 3 is 2.76 bits per heavy atom. The highest BCUT2D eigenvalue weighted by Gasteiger charge is 2.15. The van der Waals surface area contributed by atoms with E-state index in [-0.39, 0.29) is 0 Å². The van der Waals surface area contributed by atoms with Gasteiger partial charge in [-0.15, -0.1) is 11.3 Å². The highest BCUT2D eigenvalue weighted by atomic mass is 32.1. The van der Waals surface area contributed by atoms with Crippen molar-refractivity contribution in [3.8, 4) is 0 Å². The molecule has 0 spiro atoms. The van der Waals surface area contributed by atoms with Crippen LogP contribution in [0.3, 0.4) is 0 Å². The van der Waals surface area contributed by atoms with Crippen molar-refractivity contribution in [1.29, 1.82) is 0 Å². The molecule has 0 amide bonds. The number of fused-ring (bicyclic) bond motifs is 1. The maximum Gasteiger partial charge on any atom is 0.0349 e. The van der Waals surface area contributed by atoms with Crippen LogP contribution in [0.5, 0.6) is 0 Å².